The Labute approximate surface area is 123 Å². The van der Waals surface area contributed by atoms with Gasteiger partial charge in [0, 0.05) is 18.7 Å². The smallest absolute Gasteiger partial charge is 0.243 e. The maximum absolute atomic E-state index is 12.2. The molecule has 0 radical (unpaired) electrons. The lowest BCUT2D eigenvalue weighted by atomic mass is 10.2. The molecule has 2 aromatic rings. The quantitative estimate of drug-likeness (QED) is 0.750. The van der Waals surface area contributed by atoms with Crippen LogP contribution >= 0.6 is 0 Å². The first-order valence-electron chi connectivity index (χ1n) is 6.69. The summed E-state index contributed by atoms with van der Waals surface area (Å²) in [5.74, 6) is 0.830. The number of hydrogen-bond donors (Lipinski definition) is 2. The number of aryl methyl sites for hydroxylation is 1. The summed E-state index contributed by atoms with van der Waals surface area (Å²) in [7, 11) is -3.59. The second-order valence-corrected chi connectivity index (χ2v) is 6.52. The van der Waals surface area contributed by atoms with Crippen LogP contribution in [0.2, 0.25) is 0 Å². The molecular weight excluding hydrogens is 294 g/mol. The van der Waals surface area contributed by atoms with Crippen molar-refractivity contribution in [1.82, 2.24) is 14.5 Å². The third-order valence-corrected chi connectivity index (χ3v) is 4.55. The van der Waals surface area contributed by atoms with Gasteiger partial charge in [0.1, 0.15) is 10.7 Å². The third kappa shape index (κ3) is 4.42. The molecule has 0 aromatic carbocycles. The van der Waals surface area contributed by atoms with Crippen molar-refractivity contribution in [2.24, 2.45) is 0 Å². The Morgan fingerprint density at radius 3 is 3.00 bits per heavy atom. The maximum atomic E-state index is 12.2. The van der Waals surface area contributed by atoms with Crippen molar-refractivity contribution in [3.8, 4) is 0 Å². The van der Waals surface area contributed by atoms with Crippen LogP contribution in [0.25, 0.3) is 0 Å². The highest BCUT2D eigenvalue weighted by Crippen LogP contribution is 2.11. The highest BCUT2D eigenvalue weighted by molar-refractivity contribution is 7.89. The van der Waals surface area contributed by atoms with Crippen LogP contribution in [0.3, 0.4) is 0 Å². The van der Waals surface area contributed by atoms with Crippen molar-refractivity contribution in [3.63, 3.8) is 0 Å². The van der Waals surface area contributed by atoms with E-state index in [9.17, 15) is 8.42 Å². The predicted octanol–water partition coefficient (Wildman–Crippen LogP) is 0.768. The highest BCUT2D eigenvalue weighted by atomic mass is 32.2. The molecule has 0 saturated carbocycles. The van der Waals surface area contributed by atoms with Gasteiger partial charge in [-0.1, -0.05) is 0 Å². The fourth-order valence-electron chi connectivity index (χ4n) is 1.91. The summed E-state index contributed by atoms with van der Waals surface area (Å²) in [4.78, 5) is 0.0980. The summed E-state index contributed by atoms with van der Waals surface area (Å²) < 4.78 is 33.6. The van der Waals surface area contributed by atoms with Crippen molar-refractivity contribution >= 4 is 10.0 Å². The number of nitrogens with one attached hydrogen (secondary N) is 1. The Hall–Kier alpha value is -1.64. The first-order valence-corrected chi connectivity index (χ1v) is 8.17. The molecule has 1 atom stereocenters. The summed E-state index contributed by atoms with van der Waals surface area (Å²) in [6, 6.07) is 3.45. The number of aliphatic hydroxyl groups excluding tert-OH is 1. The number of hydrogen-bond acceptors (Lipinski definition) is 5. The van der Waals surface area contributed by atoms with E-state index >= 15 is 0 Å². The minimum Gasteiger partial charge on any atom is -0.469 e. The summed E-state index contributed by atoms with van der Waals surface area (Å²) in [5.41, 5.74) is 0. The van der Waals surface area contributed by atoms with Gasteiger partial charge in [0.2, 0.25) is 10.0 Å². The van der Waals surface area contributed by atoms with Crippen LogP contribution in [0.5, 0.6) is 0 Å². The Morgan fingerprint density at radius 1 is 1.52 bits per heavy atom. The first kappa shape index (κ1) is 15.7. The fraction of sp³-hybridized carbons (Fsp3) is 0.462. The van der Waals surface area contributed by atoms with Crippen LogP contribution in [0.15, 0.2) is 40.1 Å². The topological polar surface area (TPSA) is 97.4 Å². The summed E-state index contributed by atoms with van der Waals surface area (Å²) >= 11 is 0. The van der Waals surface area contributed by atoms with Gasteiger partial charge in [-0.2, -0.15) is 5.10 Å². The largest absolute Gasteiger partial charge is 0.469 e. The molecule has 0 aliphatic carbocycles. The SMILES string of the molecule is CC(CCc1ccco1)NS(=O)(=O)c1cnn(CCO)c1. The zero-order valence-corrected chi connectivity index (χ0v) is 12.6. The first-order chi connectivity index (χ1) is 10.0. The summed E-state index contributed by atoms with van der Waals surface area (Å²) in [6.45, 7) is 1.98. The van der Waals surface area contributed by atoms with Crippen molar-refractivity contribution in [2.45, 2.75) is 37.2 Å². The highest BCUT2D eigenvalue weighted by Gasteiger charge is 2.19. The van der Waals surface area contributed by atoms with Crippen molar-refractivity contribution in [2.75, 3.05) is 6.61 Å². The van der Waals surface area contributed by atoms with Gasteiger partial charge in [-0.3, -0.25) is 4.68 Å². The van der Waals surface area contributed by atoms with Crippen LogP contribution in [0.4, 0.5) is 0 Å². The van der Waals surface area contributed by atoms with E-state index in [1.54, 1.807) is 19.3 Å². The van der Waals surface area contributed by atoms with E-state index in [2.05, 4.69) is 9.82 Å². The Balaban J connectivity index is 1.92. The van der Waals surface area contributed by atoms with E-state index in [1.807, 2.05) is 6.07 Å². The summed E-state index contributed by atoms with van der Waals surface area (Å²) in [5, 5.41) is 12.7. The van der Waals surface area contributed by atoms with Crippen LogP contribution in [-0.4, -0.2) is 36.0 Å². The Kier molecular flexibility index (Phi) is 5.16. The second-order valence-electron chi connectivity index (χ2n) is 4.80. The Morgan fingerprint density at radius 2 is 2.33 bits per heavy atom. The molecule has 2 N–H and O–H groups in total. The molecule has 21 heavy (non-hydrogen) atoms. The molecule has 0 spiro atoms. The second kappa shape index (κ2) is 6.88. The van der Waals surface area contributed by atoms with Gasteiger partial charge in [0.05, 0.1) is 25.6 Å². The number of aliphatic hydroxyl groups is 1. The maximum Gasteiger partial charge on any atom is 0.243 e. The van der Waals surface area contributed by atoms with E-state index in [0.717, 1.165) is 5.76 Å². The monoisotopic (exact) mass is 313 g/mol. The molecule has 0 fully saturated rings. The normalized spacial score (nSPS) is 13.4. The number of rotatable bonds is 8. The lowest BCUT2D eigenvalue weighted by Crippen LogP contribution is -2.32. The van der Waals surface area contributed by atoms with Crippen molar-refractivity contribution in [3.05, 3.63) is 36.5 Å². The van der Waals surface area contributed by atoms with E-state index in [-0.39, 0.29) is 24.1 Å². The van der Waals surface area contributed by atoms with E-state index < -0.39 is 10.0 Å². The van der Waals surface area contributed by atoms with Crippen molar-refractivity contribution < 1.29 is 17.9 Å². The van der Waals surface area contributed by atoms with Gasteiger partial charge >= 0.3 is 0 Å². The minimum atomic E-state index is -3.59. The van der Waals surface area contributed by atoms with E-state index in [4.69, 9.17) is 9.52 Å². The molecule has 7 nitrogen and oxygen atoms in total. The molecular formula is C13H19N3O4S. The summed E-state index contributed by atoms with van der Waals surface area (Å²) in [6.07, 6.45) is 5.58. The van der Waals surface area contributed by atoms with Gasteiger partial charge in [-0.25, -0.2) is 13.1 Å². The molecule has 2 aromatic heterocycles. The van der Waals surface area contributed by atoms with E-state index in [1.165, 1.54) is 17.1 Å². The molecule has 0 aliphatic heterocycles. The van der Waals surface area contributed by atoms with E-state index in [0.29, 0.717) is 12.8 Å². The van der Waals surface area contributed by atoms with Crippen LogP contribution in [0.1, 0.15) is 19.1 Å². The zero-order chi connectivity index (χ0) is 15.3. The number of aromatic nitrogens is 2. The molecule has 0 saturated heterocycles. The molecule has 1 unspecified atom stereocenters. The van der Waals surface area contributed by atoms with Gasteiger partial charge in [0.15, 0.2) is 0 Å². The van der Waals surface area contributed by atoms with Crippen LogP contribution < -0.4 is 4.72 Å². The molecule has 0 amide bonds. The average Bonchev–Trinajstić information content (AvgIpc) is 3.07. The molecule has 116 valence electrons. The zero-order valence-electron chi connectivity index (χ0n) is 11.8. The number of nitrogens with zero attached hydrogens (tertiary/aromatic N) is 2. The lowest BCUT2D eigenvalue weighted by molar-refractivity contribution is 0.269. The molecule has 0 aliphatic rings. The molecule has 0 bridgehead atoms. The van der Waals surface area contributed by atoms with Gasteiger partial charge < -0.3 is 9.52 Å². The third-order valence-electron chi connectivity index (χ3n) is 3.01. The van der Waals surface area contributed by atoms with Gasteiger partial charge in [-0.15, -0.1) is 0 Å². The minimum absolute atomic E-state index is 0.0891. The average molecular weight is 313 g/mol. The van der Waals surface area contributed by atoms with Crippen LogP contribution in [-0.2, 0) is 23.0 Å². The number of furan rings is 1. The lowest BCUT2D eigenvalue weighted by Gasteiger charge is -2.12. The predicted molar refractivity (Wildman–Crippen MR) is 76.1 cm³/mol. The standard InChI is InChI=1S/C13H19N3O4S/c1-11(4-5-12-3-2-8-20-12)15-21(18,19)13-9-14-16(10-13)6-7-17/h2-3,8-11,15,17H,4-7H2,1H3. The fourth-order valence-corrected chi connectivity index (χ4v) is 3.14. The molecule has 2 rings (SSSR count). The molecule has 2 heterocycles. The van der Waals surface area contributed by atoms with Gasteiger partial charge in [-0.05, 0) is 25.5 Å². The van der Waals surface area contributed by atoms with Gasteiger partial charge in [0.25, 0.3) is 0 Å². The number of sulfonamides is 1. The Bertz CT molecular complexity index is 649. The molecule has 8 heteroatoms. The van der Waals surface area contributed by atoms with Crippen LogP contribution in [0, 0.1) is 0 Å². The van der Waals surface area contributed by atoms with Crippen molar-refractivity contribution in [1.29, 1.82) is 0 Å².